The summed E-state index contributed by atoms with van der Waals surface area (Å²) < 4.78 is 10.9. The first-order valence-corrected chi connectivity index (χ1v) is 6.02. The van der Waals surface area contributed by atoms with Crippen LogP contribution >= 0.6 is 0 Å². The van der Waals surface area contributed by atoms with Crippen molar-refractivity contribution in [1.29, 1.82) is 5.26 Å². The van der Waals surface area contributed by atoms with Crippen molar-refractivity contribution in [2.45, 2.75) is 6.92 Å². The first-order valence-electron chi connectivity index (χ1n) is 6.02. The molecule has 0 spiro atoms. The number of nitrogens with zero attached hydrogens (tertiary/aromatic N) is 3. The number of aromatic nitrogens is 2. The summed E-state index contributed by atoms with van der Waals surface area (Å²) >= 11 is 0. The van der Waals surface area contributed by atoms with E-state index in [-0.39, 0.29) is 0 Å². The summed E-state index contributed by atoms with van der Waals surface area (Å²) in [6, 6.07) is 9.50. The van der Waals surface area contributed by atoms with E-state index in [1.807, 2.05) is 24.3 Å². The monoisotopic (exact) mass is 265 g/mol. The number of rotatable bonds is 2. The van der Waals surface area contributed by atoms with Gasteiger partial charge in [-0.25, -0.2) is 9.97 Å². The maximum atomic E-state index is 9.23. The van der Waals surface area contributed by atoms with E-state index in [4.69, 9.17) is 9.15 Å². The Morgan fingerprint density at radius 2 is 2.10 bits per heavy atom. The molecule has 1 aromatic carbocycles. The first kappa shape index (κ1) is 12.2. The number of ether oxygens (including phenoxy) is 1. The Bertz CT molecular complexity index is 831. The molecule has 0 fully saturated rings. The quantitative estimate of drug-likeness (QED) is 0.712. The van der Waals surface area contributed by atoms with E-state index < -0.39 is 0 Å². The Morgan fingerprint density at radius 1 is 1.25 bits per heavy atom. The second kappa shape index (κ2) is 4.67. The summed E-state index contributed by atoms with van der Waals surface area (Å²) in [6.07, 6.45) is 1.43. The van der Waals surface area contributed by atoms with Gasteiger partial charge < -0.3 is 9.15 Å². The molecule has 0 unspecified atom stereocenters. The lowest BCUT2D eigenvalue weighted by molar-refractivity contribution is 0.415. The molecule has 98 valence electrons. The molecule has 0 N–H and O–H groups in total. The summed E-state index contributed by atoms with van der Waals surface area (Å²) in [4.78, 5) is 8.18. The standard InChI is InChI=1S/C15H11N3O2/c1-9-12(7-16)15(18-8-17-9)14-6-10-5-11(19-2)3-4-13(10)20-14/h3-6,8H,1-2H3. The van der Waals surface area contributed by atoms with Crippen LogP contribution in [0.3, 0.4) is 0 Å². The number of furan rings is 1. The normalized spacial score (nSPS) is 10.4. The lowest BCUT2D eigenvalue weighted by Gasteiger charge is -2.00. The van der Waals surface area contributed by atoms with Crippen LogP contribution < -0.4 is 4.74 Å². The van der Waals surface area contributed by atoms with E-state index in [9.17, 15) is 5.26 Å². The van der Waals surface area contributed by atoms with Gasteiger partial charge in [0, 0.05) is 5.39 Å². The molecule has 2 heterocycles. The fourth-order valence-electron chi connectivity index (χ4n) is 2.06. The van der Waals surface area contributed by atoms with Gasteiger partial charge in [-0.15, -0.1) is 0 Å². The van der Waals surface area contributed by atoms with Gasteiger partial charge in [0.1, 0.15) is 35.0 Å². The maximum Gasteiger partial charge on any atom is 0.155 e. The third-order valence-corrected chi connectivity index (χ3v) is 3.11. The minimum absolute atomic E-state index is 0.429. The molecule has 20 heavy (non-hydrogen) atoms. The zero-order valence-electron chi connectivity index (χ0n) is 11.0. The van der Waals surface area contributed by atoms with Gasteiger partial charge in [0.05, 0.1) is 12.8 Å². The predicted molar refractivity (Wildman–Crippen MR) is 73.2 cm³/mol. The molecular weight excluding hydrogens is 254 g/mol. The molecule has 0 amide bonds. The molecule has 0 saturated heterocycles. The molecule has 0 bridgehead atoms. The number of methoxy groups -OCH3 is 1. The summed E-state index contributed by atoms with van der Waals surface area (Å²) in [5.41, 5.74) is 2.30. The lowest BCUT2D eigenvalue weighted by atomic mass is 10.1. The van der Waals surface area contributed by atoms with Crippen molar-refractivity contribution in [2.24, 2.45) is 0 Å². The molecule has 5 nitrogen and oxygen atoms in total. The van der Waals surface area contributed by atoms with Gasteiger partial charge in [-0.05, 0) is 31.2 Å². The Hall–Kier alpha value is -2.87. The van der Waals surface area contributed by atoms with Gasteiger partial charge in [0.25, 0.3) is 0 Å². The van der Waals surface area contributed by atoms with Crippen LogP contribution in [0.5, 0.6) is 5.75 Å². The minimum atomic E-state index is 0.429. The largest absolute Gasteiger partial charge is 0.497 e. The van der Waals surface area contributed by atoms with Crippen LogP contribution in [0.2, 0.25) is 0 Å². The van der Waals surface area contributed by atoms with Crippen molar-refractivity contribution in [3.8, 4) is 23.3 Å². The molecule has 2 aromatic heterocycles. The van der Waals surface area contributed by atoms with Gasteiger partial charge in [-0.1, -0.05) is 0 Å². The number of hydrogen-bond donors (Lipinski definition) is 0. The number of fused-ring (bicyclic) bond motifs is 1. The Balaban J connectivity index is 2.21. The molecule has 0 saturated carbocycles. The molecule has 3 aromatic rings. The Kier molecular flexibility index (Phi) is 2.84. The number of hydrogen-bond acceptors (Lipinski definition) is 5. The van der Waals surface area contributed by atoms with Gasteiger partial charge in [0.15, 0.2) is 5.76 Å². The molecule has 0 radical (unpaired) electrons. The average Bonchev–Trinajstić information content (AvgIpc) is 2.89. The third kappa shape index (κ3) is 1.88. The van der Waals surface area contributed by atoms with Crippen molar-refractivity contribution in [1.82, 2.24) is 9.97 Å². The van der Waals surface area contributed by atoms with Crippen molar-refractivity contribution < 1.29 is 9.15 Å². The topological polar surface area (TPSA) is 71.9 Å². The van der Waals surface area contributed by atoms with Gasteiger partial charge in [-0.3, -0.25) is 0 Å². The second-order valence-electron chi connectivity index (χ2n) is 4.31. The van der Waals surface area contributed by atoms with Crippen molar-refractivity contribution in [3.63, 3.8) is 0 Å². The Morgan fingerprint density at radius 3 is 2.85 bits per heavy atom. The SMILES string of the molecule is COc1ccc2oc(-c3ncnc(C)c3C#N)cc2c1. The summed E-state index contributed by atoms with van der Waals surface area (Å²) in [7, 11) is 1.61. The molecule has 0 aliphatic rings. The fraction of sp³-hybridized carbons (Fsp3) is 0.133. The lowest BCUT2D eigenvalue weighted by Crippen LogP contribution is -1.94. The summed E-state index contributed by atoms with van der Waals surface area (Å²) in [5, 5.41) is 10.1. The Labute approximate surface area is 115 Å². The zero-order chi connectivity index (χ0) is 14.1. The van der Waals surface area contributed by atoms with Gasteiger partial charge in [-0.2, -0.15) is 5.26 Å². The van der Waals surface area contributed by atoms with Crippen LogP contribution in [0, 0.1) is 18.3 Å². The highest BCUT2D eigenvalue weighted by Gasteiger charge is 2.14. The van der Waals surface area contributed by atoms with E-state index in [0.29, 0.717) is 22.7 Å². The second-order valence-corrected chi connectivity index (χ2v) is 4.31. The highest BCUT2D eigenvalue weighted by atomic mass is 16.5. The van der Waals surface area contributed by atoms with E-state index in [1.165, 1.54) is 6.33 Å². The van der Waals surface area contributed by atoms with Crippen LogP contribution in [0.4, 0.5) is 0 Å². The van der Waals surface area contributed by atoms with Crippen LogP contribution in [-0.4, -0.2) is 17.1 Å². The van der Waals surface area contributed by atoms with Gasteiger partial charge in [0.2, 0.25) is 0 Å². The zero-order valence-corrected chi connectivity index (χ0v) is 11.0. The van der Waals surface area contributed by atoms with Crippen molar-refractivity contribution >= 4 is 11.0 Å². The van der Waals surface area contributed by atoms with Crippen LogP contribution in [0.1, 0.15) is 11.3 Å². The minimum Gasteiger partial charge on any atom is -0.497 e. The molecular formula is C15H11N3O2. The van der Waals surface area contributed by atoms with E-state index >= 15 is 0 Å². The molecule has 5 heteroatoms. The van der Waals surface area contributed by atoms with E-state index in [1.54, 1.807) is 14.0 Å². The smallest absolute Gasteiger partial charge is 0.155 e. The number of benzene rings is 1. The van der Waals surface area contributed by atoms with Crippen molar-refractivity contribution in [2.75, 3.05) is 7.11 Å². The maximum absolute atomic E-state index is 9.23. The van der Waals surface area contributed by atoms with Crippen LogP contribution in [0.15, 0.2) is 35.0 Å². The highest BCUT2D eigenvalue weighted by Crippen LogP contribution is 2.30. The molecule has 0 atom stereocenters. The predicted octanol–water partition coefficient (Wildman–Crippen LogP) is 3.08. The first-order chi connectivity index (χ1) is 9.72. The molecule has 0 aliphatic heterocycles. The number of aryl methyl sites for hydroxylation is 1. The average molecular weight is 265 g/mol. The summed E-state index contributed by atoms with van der Waals surface area (Å²) in [6.45, 7) is 1.77. The highest BCUT2D eigenvalue weighted by molar-refractivity contribution is 5.84. The third-order valence-electron chi connectivity index (χ3n) is 3.11. The van der Waals surface area contributed by atoms with E-state index in [2.05, 4.69) is 16.0 Å². The van der Waals surface area contributed by atoms with Gasteiger partial charge >= 0.3 is 0 Å². The van der Waals surface area contributed by atoms with Crippen molar-refractivity contribution in [3.05, 3.63) is 41.9 Å². The fourth-order valence-corrected chi connectivity index (χ4v) is 2.06. The van der Waals surface area contributed by atoms with Crippen LogP contribution in [-0.2, 0) is 0 Å². The summed E-state index contributed by atoms with van der Waals surface area (Å²) in [5.74, 6) is 1.31. The molecule has 3 rings (SSSR count). The number of nitriles is 1. The molecule has 0 aliphatic carbocycles. The van der Waals surface area contributed by atoms with Crippen LogP contribution in [0.25, 0.3) is 22.4 Å². The van der Waals surface area contributed by atoms with E-state index in [0.717, 1.165) is 16.7 Å².